The van der Waals surface area contributed by atoms with Crippen LogP contribution in [0.2, 0.25) is 6.55 Å². The van der Waals surface area contributed by atoms with Crippen molar-refractivity contribution < 1.29 is 19.1 Å². The molecule has 0 aromatic heterocycles. The van der Waals surface area contributed by atoms with Crippen LogP contribution in [0.15, 0.2) is 60.7 Å². The number of carbonyl (C=O) groups is 2. The lowest BCUT2D eigenvalue weighted by Gasteiger charge is -2.59. The summed E-state index contributed by atoms with van der Waals surface area (Å²) in [6, 6.07) is 20.9. The Bertz CT molecular complexity index is 873. The minimum absolute atomic E-state index is 0.0455. The number of methoxy groups -OCH3 is 1. The van der Waals surface area contributed by atoms with Crippen LogP contribution in [0.5, 0.6) is 0 Å². The van der Waals surface area contributed by atoms with E-state index in [4.69, 9.17) is 9.47 Å². The monoisotopic (exact) mass is 408 g/mol. The van der Waals surface area contributed by atoms with Crippen molar-refractivity contribution in [1.29, 1.82) is 0 Å². The van der Waals surface area contributed by atoms with Gasteiger partial charge in [-0.05, 0) is 26.2 Å². The average Bonchev–Trinajstić information content (AvgIpc) is 2.73. The fraction of sp³-hybridized carbons (Fsp3) is 0.417. The lowest BCUT2D eigenvalue weighted by molar-refractivity contribution is -0.210. The van der Waals surface area contributed by atoms with Crippen LogP contribution < -0.4 is 10.4 Å². The van der Waals surface area contributed by atoms with Crippen molar-refractivity contribution >= 4 is 30.2 Å². The molecule has 2 aromatic carbocycles. The molecule has 2 saturated heterocycles. The van der Waals surface area contributed by atoms with Gasteiger partial charge in [-0.2, -0.15) is 0 Å². The van der Waals surface area contributed by atoms with Crippen molar-refractivity contribution in [2.24, 2.45) is 5.92 Å². The molecule has 3 atom stereocenters. The Kier molecular flexibility index (Phi) is 4.99. The highest BCUT2D eigenvalue weighted by Crippen LogP contribution is 2.50. The molecule has 2 aliphatic rings. The summed E-state index contributed by atoms with van der Waals surface area (Å²) in [4.78, 5) is 25.8. The maximum absolute atomic E-state index is 13.4. The molecule has 0 spiro atoms. The summed E-state index contributed by atoms with van der Waals surface area (Å²) in [5, 5.41) is 1.92. The Balaban J connectivity index is 1.90. The van der Waals surface area contributed by atoms with Crippen LogP contribution in [-0.4, -0.2) is 37.8 Å². The molecule has 4 rings (SSSR count). The number of esters is 1. The van der Waals surface area contributed by atoms with E-state index >= 15 is 0 Å². The highest BCUT2D eigenvalue weighted by atomic mass is 28.3. The summed E-state index contributed by atoms with van der Waals surface area (Å²) in [5.41, 5.74) is -0.821. The number of rotatable bonds is 4. The molecule has 2 heterocycles. The third kappa shape index (κ3) is 2.99. The number of fused-ring (bicyclic) bond motifs is 2. The lowest BCUT2D eigenvalue weighted by atomic mass is 9.73. The minimum atomic E-state index is -2.50. The molecule has 29 heavy (non-hydrogen) atoms. The van der Waals surface area contributed by atoms with Crippen molar-refractivity contribution in [2.75, 3.05) is 7.11 Å². The lowest BCUT2D eigenvalue weighted by Crippen LogP contribution is -2.78. The summed E-state index contributed by atoms with van der Waals surface area (Å²) >= 11 is 0. The van der Waals surface area contributed by atoms with Gasteiger partial charge in [0.05, 0.1) is 17.9 Å². The van der Waals surface area contributed by atoms with E-state index in [1.165, 1.54) is 17.5 Å². The number of Topliss-reactive ketones (excluding diaryl/α,β-unsaturated/α-hetero) is 1. The summed E-state index contributed by atoms with van der Waals surface area (Å²) in [5.74, 6) is -1.36. The van der Waals surface area contributed by atoms with E-state index in [-0.39, 0.29) is 12.2 Å². The van der Waals surface area contributed by atoms with Crippen molar-refractivity contribution in [3.05, 3.63) is 60.7 Å². The van der Waals surface area contributed by atoms with Gasteiger partial charge in [0.2, 0.25) is 0 Å². The van der Waals surface area contributed by atoms with Crippen LogP contribution in [0.1, 0.15) is 32.6 Å². The molecule has 1 unspecified atom stereocenters. The maximum atomic E-state index is 13.4. The topological polar surface area (TPSA) is 52.6 Å². The molecule has 5 heteroatoms. The number of ketones is 1. The highest BCUT2D eigenvalue weighted by Gasteiger charge is 2.65. The van der Waals surface area contributed by atoms with Crippen molar-refractivity contribution in [3.8, 4) is 0 Å². The molecule has 2 aromatic rings. The normalized spacial score (nSPS) is 29.3. The first-order valence-electron chi connectivity index (χ1n) is 10.3. The number of carbonyl (C=O) groups excluding carboxylic acids is 2. The van der Waals surface area contributed by atoms with Gasteiger partial charge in [-0.3, -0.25) is 9.59 Å². The predicted molar refractivity (Wildman–Crippen MR) is 115 cm³/mol. The zero-order valence-corrected chi connectivity index (χ0v) is 18.3. The largest absolute Gasteiger partial charge is 0.468 e. The zero-order chi connectivity index (χ0) is 20.7. The molecule has 0 radical (unpaired) electrons. The molecule has 2 aliphatic heterocycles. The van der Waals surface area contributed by atoms with Crippen molar-refractivity contribution in [3.63, 3.8) is 0 Å². The van der Waals surface area contributed by atoms with Crippen LogP contribution in [0.4, 0.5) is 0 Å². The van der Waals surface area contributed by atoms with E-state index < -0.39 is 30.8 Å². The second kappa shape index (κ2) is 7.22. The Hall–Kier alpha value is -2.24. The SMILES string of the molecule is COC(=O)C1C(=O)C[C@]2([Si](C)(c3ccccc3)c3ccccc3)CCC[C@@]1(C)O2. The quantitative estimate of drug-likeness (QED) is 0.443. The molecule has 2 bridgehead atoms. The van der Waals surface area contributed by atoms with E-state index in [9.17, 15) is 9.59 Å². The number of hydrogen-bond acceptors (Lipinski definition) is 4. The van der Waals surface area contributed by atoms with Crippen LogP contribution >= 0.6 is 0 Å². The number of ether oxygens (including phenoxy) is 2. The first kappa shape index (κ1) is 20.0. The third-order valence-corrected chi connectivity index (χ3v) is 12.5. The van der Waals surface area contributed by atoms with Gasteiger partial charge in [-0.15, -0.1) is 0 Å². The van der Waals surface area contributed by atoms with Gasteiger partial charge >= 0.3 is 5.97 Å². The Morgan fingerprint density at radius 1 is 1.03 bits per heavy atom. The molecule has 0 saturated carbocycles. The molecule has 0 amide bonds. The number of hydrogen-bond donors (Lipinski definition) is 0. The first-order chi connectivity index (χ1) is 13.9. The fourth-order valence-corrected chi connectivity index (χ4v) is 10.3. The van der Waals surface area contributed by atoms with E-state index in [2.05, 4.69) is 55.1 Å². The molecule has 152 valence electrons. The van der Waals surface area contributed by atoms with Crippen molar-refractivity contribution in [2.45, 2.75) is 50.0 Å². The van der Waals surface area contributed by atoms with Crippen LogP contribution in [-0.2, 0) is 19.1 Å². The summed E-state index contributed by atoms with van der Waals surface area (Å²) in [6.45, 7) is 4.24. The third-order valence-electron chi connectivity index (χ3n) is 7.13. The summed E-state index contributed by atoms with van der Waals surface area (Å²) < 4.78 is 11.9. The van der Waals surface area contributed by atoms with E-state index in [1.54, 1.807) is 0 Å². The standard InChI is InChI=1S/C24H28O4Si/c1-23-15-10-16-24(28-23,17-20(25)21(23)22(26)27-2)29(3,18-11-6-4-7-12-18)19-13-8-5-9-14-19/h4-9,11-14,21H,10,15-17H2,1-3H3/t21?,23-,24-/m1/s1. The highest BCUT2D eigenvalue weighted by molar-refractivity contribution is 7.03. The maximum Gasteiger partial charge on any atom is 0.319 e. The van der Waals surface area contributed by atoms with Crippen LogP contribution in [0.25, 0.3) is 0 Å². The molecule has 4 nitrogen and oxygen atoms in total. The minimum Gasteiger partial charge on any atom is -0.468 e. The molecule has 0 aliphatic carbocycles. The fourth-order valence-electron chi connectivity index (χ4n) is 5.59. The van der Waals surface area contributed by atoms with Gasteiger partial charge in [0.15, 0.2) is 5.78 Å². The Morgan fingerprint density at radius 3 is 2.10 bits per heavy atom. The van der Waals surface area contributed by atoms with Gasteiger partial charge in [0, 0.05) is 6.42 Å². The second-order valence-corrected chi connectivity index (χ2v) is 13.0. The second-order valence-electron chi connectivity index (χ2n) is 8.72. The van der Waals surface area contributed by atoms with Gasteiger partial charge in [-0.25, -0.2) is 0 Å². The van der Waals surface area contributed by atoms with E-state index in [1.807, 2.05) is 19.1 Å². The summed E-state index contributed by atoms with van der Waals surface area (Å²) in [7, 11) is -1.16. The summed E-state index contributed by atoms with van der Waals surface area (Å²) in [6.07, 6.45) is 2.71. The van der Waals surface area contributed by atoms with Crippen LogP contribution in [0.3, 0.4) is 0 Å². The molecule has 0 N–H and O–H groups in total. The number of benzene rings is 2. The van der Waals surface area contributed by atoms with Crippen LogP contribution in [0, 0.1) is 5.92 Å². The van der Waals surface area contributed by atoms with Gasteiger partial charge in [0.25, 0.3) is 0 Å². The van der Waals surface area contributed by atoms with Gasteiger partial charge in [0.1, 0.15) is 14.0 Å². The van der Waals surface area contributed by atoms with E-state index in [0.29, 0.717) is 6.42 Å². The molecule has 2 fully saturated rings. The van der Waals surface area contributed by atoms with Crippen molar-refractivity contribution in [1.82, 2.24) is 0 Å². The first-order valence-corrected chi connectivity index (χ1v) is 12.8. The Labute approximate surface area is 173 Å². The predicted octanol–water partition coefficient (Wildman–Crippen LogP) is 2.88. The van der Waals surface area contributed by atoms with Gasteiger partial charge in [-0.1, -0.05) is 77.6 Å². The molecular weight excluding hydrogens is 380 g/mol. The Morgan fingerprint density at radius 2 is 1.59 bits per heavy atom. The average molecular weight is 409 g/mol. The zero-order valence-electron chi connectivity index (χ0n) is 17.3. The van der Waals surface area contributed by atoms with Gasteiger partial charge < -0.3 is 9.47 Å². The smallest absolute Gasteiger partial charge is 0.319 e. The van der Waals surface area contributed by atoms with E-state index in [0.717, 1.165) is 12.8 Å². The molecular formula is C24H28O4Si.